The molecule has 1 N–H and O–H groups in total. The number of halogens is 3. The van der Waals surface area contributed by atoms with Crippen LogP contribution in [0.25, 0.3) is 0 Å². The van der Waals surface area contributed by atoms with E-state index in [-0.39, 0.29) is 28.1 Å². The third kappa shape index (κ3) is 5.67. The van der Waals surface area contributed by atoms with E-state index in [0.29, 0.717) is 43.4 Å². The van der Waals surface area contributed by atoms with Crippen LogP contribution in [-0.2, 0) is 14.8 Å². The molecule has 6 nitrogen and oxygen atoms in total. The lowest BCUT2D eigenvalue weighted by molar-refractivity contribution is -0.116. The van der Waals surface area contributed by atoms with Gasteiger partial charge >= 0.3 is 0 Å². The largest absolute Gasteiger partial charge is 0.326 e. The number of amides is 1. The zero-order valence-corrected chi connectivity index (χ0v) is 17.8. The summed E-state index contributed by atoms with van der Waals surface area (Å²) < 4.78 is 39.8. The molecule has 0 atom stereocenters. The summed E-state index contributed by atoms with van der Waals surface area (Å²) >= 11 is 11.8. The molecule has 1 aliphatic rings. The van der Waals surface area contributed by atoms with Crippen LogP contribution in [0.4, 0.5) is 10.1 Å². The van der Waals surface area contributed by atoms with Crippen molar-refractivity contribution in [2.45, 2.75) is 11.3 Å². The Bertz CT molecular complexity index is 979. The maximum Gasteiger partial charge on any atom is 0.243 e. The van der Waals surface area contributed by atoms with Crippen LogP contribution in [0.15, 0.2) is 47.4 Å². The summed E-state index contributed by atoms with van der Waals surface area (Å²) in [4.78, 5) is 14.2. The normalized spacial score (nSPS) is 16.0. The lowest BCUT2D eigenvalue weighted by Crippen LogP contribution is -2.49. The molecule has 0 unspecified atom stereocenters. The molecular formula is C19H20Cl2FN3O3S. The van der Waals surface area contributed by atoms with E-state index in [1.54, 1.807) is 0 Å². The number of sulfonamides is 1. The van der Waals surface area contributed by atoms with Gasteiger partial charge in [-0.05, 0) is 42.5 Å². The van der Waals surface area contributed by atoms with E-state index >= 15 is 0 Å². The Hall–Kier alpha value is -1.71. The van der Waals surface area contributed by atoms with Crippen molar-refractivity contribution < 1.29 is 17.6 Å². The van der Waals surface area contributed by atoms with Gasteiger partial charge in [0.15, 0.2) is 0 Å². The van der Waals surface area contributed by atoms with E-state index in [1.165, 1.54) is 46.8 Å². The first-order chi connectivity index (χ1) is 13.8. The Kier molecular flexibility index (Phi) is 7.13. The molecule has 2 aromatic carbocycles. The van der Waals surface area contributed by atoms with Crippen molar-refractivity contribution >= 4 is 44.8 Å². The second kappa shape index (κ2) is 9.40. The van der Waals surface area contributed by atoms with Gasteiger partial charge in [-0.15, -0.1) is 0 Å². The molecule has 0 saturated carbocycles. The minimum atomic E-state index is -3.65. The number of benzene rings is 2. The molecule has 0 spiro atoms. The first kappa shape index (κ1) is 22.0. The fourth-order valence-electron chi connectivity index (χ4n) is 3.00. The Morgan fingerprint density at radius 2 is 1.66 bits per heavy atom. The maximum atomic E-state index is 12.9. The number of carbonyl (C=O) groups is 1. The summed E-state index contributed by atoms with van der Waals surface area (Å²) in [6.07, 6.45) is 0.261. The van der Waals surface area contributed by atoms with Gasteiger partial charge < -0.3 is 10.2 Å². The number of piperazine rings is 1. The van der Waals surface area contributed by atoms with E-state index in [1.807, 2.05) is 4.90 Å². The SMILES string of the molecule is O=C(CCN1CCN(S(=O)(=O)c2ccc(Cl)c(Cl)c2)CC1)Nc1ccc(F)cc1. The average Bonchev–Trinajstić information content (AvgIpc) is 2.70. The van der Waals surface area contributed by atoms with Crippen molar-refractivity contribution in [1.82, 2.24) is 9.21 Å². The predicted octanol–water partition coefficient (Wildman–Crippen LogP) is 3.47. The zero-order valence-electron chi connectivity index (χ0n) is 15.4. The molecule has 2 aromatic rings. The highest BCUT2D eigenvalue weighted by Gasteiger charge is 2.29. The number of carbonyl (C=O) groups excluding carboxylic acids is 1. The monoisotopic (exact) mass is 459 g/mol. The van der Waals surface area contributed by atoms with E-state index in [2.05, 4.69) is 5.32 Å². The van der Waals surface area contributed by atoms with Gasteiger partial charge in [0.2, 0.25) is 15.9 Å². The summed E-state index contributed by atoms with van der Waals surface area (Å²) in [5.41, 5.74) is 0.536. The topological polar surface area (TPSA) is 69.7 Å². The summed E-state index contributed by atoms with van der Waals surface area (Å²) in [6.45, 7) is 2.19. The summed E-state index contributed by atoms with van der Waals surface area (Å²) in [5, 5.41) is 3.20. The molecule has 29 heavy (non-hydrogen) atoms. The quantitative estimate of drug-likeness (QED) is 0.717. The third-order valence-electron chi connectivity index (χ3n) is 4.64. The van der Waals surface area contributed by atoms with Crippen molar-refractivity contribution in [3.8, 4) is 0 Å². The van der Waals surface area contributed by atoms with Crippen molar-refractivity contribution in [2.75, 3.05) is 38.0 Å². The fourth-order valence-corrected chi connectivity index (χ4v) is 4.81. The van der Waals surface area contributed by atoms with Gasteiger partial charge in [-0.3, -0.25) is 4.79 Å². The Balaban J connectivity index is 1.49. The summed E-state index contributed by atoms with van der Waals surface area (Å²) in [7, 11) is -3.65. The minimum Gasteiger partial charge on any atom is -0.326 e. The smallest absolute Gasteiger partial charge is 0.243 e. The number of nitrogens with zero attached hydrogens (tertiary/aromatic N) is 2. The lowest BCUT2D eigenvalue weighted by Gasteiger charge is -2.33. The van der Waals surface area contributed by atoms with Crippen molar-refractivity contribution in [3.05, 3.63) is 58.3 Å². The molecule has 0 bridgehead atoms. The molecule has 1 fully saturated rings. The molecule has 10 heteroatoms. The van der Waals surface area contributed by atoms with Crippen LogP contribution in [0.1, 0.15) is 6.42 Å². The third-order valence-corrected chi connectivity index (χ3v) is 7.28. The number of anilines is 1. The maximum absolute atomic E-state index is 12.9. The van der Waals surface area contributed by atoms with Crippen molar-refractivity contribution in [1.29, 1.82) is 0 Å². The zero-order chi connectivity index (χ0) is 21.0. The van der Waals surface area contributed by atoms with E-state index in [9.17, 15) is 17.6 Å². The van der Waals surface area contributed by atoms with Crippen LogP contribution in [0, 0.1) is 5.82 Å². The lowest BCUT2D eigenvalue weighted by atomic mass is 10.2. The van der Waals surface area contributed by atoms with Gasteiger partial charge in [0, 0.05) is 44.8 Å². The van der Waals surface area contributed by atoms with Crippen LogP contribution in [0.5, 0.6) is 0 Å². The van der Waals surface area contributed by atoms with Gasteiger partial charge in [-0.25, -0.2) is 12.8 Å². The second-order valence-electron chi connectivity index (χ2n) is 6.63. The summed E-state index contributed by atoms with van der Waals surface area (Å²) in [6, 6.07) is 9.82. The first-order valence-corrected chi connectivity index (χ1v) is 11.2. The number of nitrogens with one attached hydrogen (secondary N) is 1. The van der Waals surface area contributed by atoms with Gasteiger partial charge in [-0.1, -0.05) is 23.2 Å². The molecule has 0 aromatic heterocycles. The van der Waals surface area contributed by atoms with Crippen molar-refractivity contribution in [2.24, 2.45) is 0 Å². The molecule has 156 valence electrons. The fraction of sp³-hybridized carbons (Fsp3) is 0.316. The van der Waals surface area contributed by atoms with E-state index in [4.69, 9.17) is 23.2 Å². The highest BCUT2D eigenvalue weighted by Crippen LogP contribution is 2.27. The van der Waals surface area contributed by atoms with Crippen LogP contribution in [0.3, 0.4) is 0 Å². The number of rotatable bonds is 6. The molecule has 1 aliphatic heterocycles. The second-order valence-corrected chi connectivity index (χ2v) is 9.38. The van der Waals surface area contributed by atoms with Gasteiger partial charge in [-0.2, -0.15) is 4.31 Å². The van der Waals surface area contributed by atoms with Crippen LogP contribution in [0.2, 0.25) is 10.0 Å². The summed E-state index contributed by atoms with van der Waals surface area (Å²) in [5.74, 6) is -0.542. The Morgan fingerprint density at radius 1 is 1.00 bits per heavy atom. The number of hydrogen-bond acceptors (Lipinski definition) is 4. The van der Waals surface area contributed by atoms with Crippen molar-refractivity contribution in [3.63, 3.8) is 0 Å². The average molecular weight is 460 g/mol. The highest BCUT2D eigenvalue weighted by molar-refractivity contribution is 7.89. The Labute approximate surface area is 179 Å². The van der Waals surface area contributed by atoms with Crippen LogP contribution in [-0.4, -0.2) is 56.3 Å². The molecule has 0 radical (unpaired) electrons. The van der Waals surface area contributed by atoms with E-state index < -0.39 is 10.0 Å². The predicted molar refractivity (Wildman–Crippen MR) is 111 cm³/mol. The van der Waals surface area contributed by atoms with Crippen LogP contribution < -0.4 is 5.32 Å². The molecule has 3 rings (SSSR count). The molecule has 1 amide bonds. The Morgan fingerprint density at radius 3 is 2.28 bits per heavy atom. The highest BCUT2D eigenvalue weighted by atomic mass is 35.5. The molecular weight excluding hydrogens is 440 g/mol. The van der Waals surface area contributed by atoms with E-state index in [0.717, 1.165) is 0 Å². The van der Waals surface area contributed by atoms with Gasteiger partial charge in [0.1, 0.15) is 5.82 Å². The molecule has 1 heterocycles. The van der Waals surface area contributed by atoms with Gasteiger partial charge in [0.25, 0.3) is 0 Å². The number of hydrogen-bond donors (Lipinski definition) is 1. The minimum absolute atomic E-state index is 0.110. The van der Waals surface area contributed by atoms with Gasteiger partial charge in [0.05, 0.1) is 14.9 Å². The molecule has 1 saturated heterocycles. The molecule has 0 aliphatic carbocycles. The standard InChI is InChI=1S/C19H20Cl2FN3O3S/c20-17-6-5-16(13-18(17)21)29(27,28)25-11-9-24(10-12-25)8-7-19(26)23-15-3-1-14(22)2-4-15/h1-6,13H,7-12H2,(H,23,26). The van der Waals surface area contributed by atoms with Crippen LogP contribution >= 0.6 is 23.2 Å². The first-order valence-electron chi connectivity index (χ1n) is 8.99.